The molecule has 4 nitrogen and oxygen atoms in total. The van der Waals surface area contributed by atoms with Crippen molar-refractivity contribution in [2.24, 2.45) is 0 Å². The molecule has 0 unspecified atom stereocenters. The number of amides is 2. The Labute approximate surface area is 194 Å². The average Bonchev–Trinajstić information content (AvgIpc) is 2.90. The molecule has 1 aliphatic heterocycles. The fraction of sp³-hybridized carbons (Fsp3) is 0.200. The molecule has 2 aromatic rings. The summed E-state index contributed by atoms with van der Waals surface area (Å²) in [6, 6.07) is 10.3. The third-order valence-corrected chi connectivity index (χ3v) is 6.48. The van der Waals surface area contributed by atoms with Gasteiger partial charge in [0.15, 0.2) is 0 Å². The zero-order valence-corrected chi connectivity index (χ0v) is 20.0. The van der Waals surface area contributed by atoms with E-state index in [4.69, 9.17) is 4.74 Å². The second-order valence-corrected chi connectivity index (χ2v) is 9.34. The van der Waals surface area contributed by atoms with E-state index < -0.39 is 0 Å². The lowest BCUT2D eigenvalue weighted by Crippen LogP contribution is -2.28. The summed E-state index contributed by atoms with van der Waals surface area (Å²) in [6.07, 6.45) is 2.46. The molecule has 1 heterocycles. The van der Waals surface area contributed by atoms with Gasteiger partial charge in [0.2, 0.25) is 0 Å². The first-order valence-electron chi connectivity index (χ1n) is 8.51. The number of thioether (sulfide) groups is 1. The van der Waals surface area contributed by atoms with E-state index in [0.717, 1.165) is 30.9 Å². The van der Waals surface area contributed by atoms with E-state index in [1.165, 1.54) is 11.0 Å². The Hall–Kier alpha value is -1.14. The van der Waals surface area contributed by atoms with Crippen LogP contribution in [-0.4, -0.2) is 22.6 Å². The van der Waals surface area contributed by atoms with Gasteiger partial charge in [-0.3, -0.25) is 14.5 Å². The molecule has 0 aliphatic carbocycles. The molecule has 8 heteroatoms. The molecule has 0 radical (unpaired) electrons. The van der Waals surface area contributed by atoms with Gasteiger partial charge in [0.25, 0.3) is 11.1 Å². The molecule has 1 saturated heterocycles. The fourth-order valence-electron chi connectivity index (χ4n) is 2.63. The van der Waals surface area contributed by atoms with E-state index in [-0.39, 0.29) is 23.6 Å². The number of rotatable bonds is 6. The van der Waals surface area contributed by atoms with E-state index in [9.17, 15) is 14.0 Å². The number of halogens is 3. The van der Waals surface area contributed by atoms with Gasteiger partial charge in [0, 0.05) is 12.1 Å². The molecule has 0 bridgehead atoms. The van der Waals surface area contributed by atoms with E-state index in [1.807, 2.05) is 19.1 Å². The van der Waals surface area contributed by atoms with Crippen molar-refractivity contribution in [3.05, 3.63) is 65.4 Å². The number of carbonyl (C=O) groups is 2. The minimum absolute atomic E-state index is 0.133. The van der Waals surface area contributed by atoms with Crippen molar-refractivity contribution in [2.45, 2.75) is 20.0 Å². The molecule has 0 N–H and O–H groups in total. The maximum atomic E-state index is 13.8. The second kappa shape index (κ2) is 9.57. The first kappa shape index (κ1) is 21.6. The van der Waals surface area contributed by atoms with E-state index >= 15 is 0 Å². The quantitative estimate of drug-likeness (QED) is 0.290. The minimum Gasteiger partial charge on any atom is -0.487 e. The highest BCUT2D eigenvalue weighted by molar-refractivity contribution is 14.1. The van der Waals surface area contributed by atoms with Crippen LogP contribution < -0.4 is 4.74 Å². The molecule has 146 valence electrons. The molecule has 2 aromatic carbocycles. The summed E-state index contributed by atoms with van der Waals surface area (Å²) in [6.45, 7) is 2.49. The Morgan fingerprint density at radius 2 is 1.86 bits per heavy atom. The van der Waals surface area contributed by atoms with Gasteiger partial charge >= 0.3 is 0 Å². The number of carbonyl (C=O) groups excluding carboxylic acids is 2. The van der Waals surface area contributed by atoms with Gasteiger partial charge in [-0.15, -0.1) is 0 Å². The first-order chi connectivity index (χ1) is 13.4. The number of benzene rings is 2. The second-order valence-electron chi connectivity index (χ2n) is 6.03. The van der Waals surface area contributed by atoms with Crippen molar-refractivity contribution in [1.29, 1.82) is 0 Å². The van der Waals surface area contributed by atoms with Gasteiger partial charge in [-0.05, 0) is 93.2 Å². The maximum Gasteiger partial charge on any atom is 0.293 e. The highest BCUT2D eigenvalue weighted by Crippen LogP contribution is 2.35. The van der Waals surface area contributed by atoms with Gasteiger partial charge in [-0.25, -0.2) is 4.39 Å². The fourth-order valence-corrected chi connectivity index (χ4v) is 5.63. The third kappa shape index (κ3) is 4.88. The number of hydrogen-bond acceptors (Lipinski definition) is 4. The summed E-state index contributed by atoms with van der Waals surface area (Å²) < 4.78 is 21.3. The number of ether oxygens (including phenoxy) is 1. The Bertz CT molecular complexity index is 941. The van der Waals surface area contributed by atoms with Crippen molar-refractivity contribution >= 4 is 74.2 Å². The molecule has 0 saturated carbocycles. The van der Waals surface area contributed by atoms with Gasteiger partial charge in [-0.2, -0.15) is 0 Å². The monoisotopic (exact) mass is 623 g/mol. The lowest BCUT2D eigenvalue weighted by molar-refractivity contribution is -0.122. The standard InChI is InChI=1S/C20H16FI2NO3S/c1-2-7-24-19(25)17(28-20(24)26)10-12-8-15(22)18(16(23)9-12)27-11-13-5-3-4-6-14(13)21/h3-6,8-10H,2,7,11H2,1H3/b17-10+. The van der Waals surface area contributed by atoms with Gasteiger partial charge in [-0.1, -0.05) is 25.1 Å². The van der Waals surface area contributed by atoms with E-state index in [2.05, 4.69) is 45.2 Å². The number of hydrogen-bond donors (Lipinski definition) is 0. The van der Waals surface area contributed by atoms with Crippen molar-refractivity contribution in [3.8, 4) is 5.75 Å². The average molecular weight is 623 g/mol. The summed E-state index contributed by atoms with van der Waals surface area (Å²) in [7, 11) is 0. The van der Waals surface area contributed by atoms with Crippen LogP contribution in [0, 0.1) is 13.0 Å². The zero-order chi connectivity index (χ0) is 20.3. The maximum absolute atomic E-state index is 13.8. The van der Waals surface area contributed by atoms with Crippen LogP contribution in [0.15, 0.2) is 41.3 Å². The summed E-state index contributed by atoms with van der Waals surface area (Å²) >= 11 is 5.27. The Kier molecular flexibility index (Phi) is 7.37. The molecule has 28 heavy (non-hydrogen) atoms. The van der Waals surface area contributed by atoms with Gasteiger partial charge < -0.3 is 4.74 Å². The zero-order valence-electron chi connectivity index (χ0n) is 14.9. The first-order valence-corrected chi connectivity index (χ1v) is 11.5. The molecule has 0 spiro atoms. The lowest BCUT2D eigenvalue weighted by Gasteiger charge is -2.12. The Morgan fingerprint density at radius 3 is 2.50 bits per heavy atom. The molecule has 1 fully saturated rings. The smallest absolute Gasteiger partial charge is 0.293 e. The largest absolute Gasteiger partial charge is 0.487 e. The van der Waals surface area contributed by atoms with E-state index in [0.29, 0.717) is 22.8 Å². The van der Waals surface area contributed by atoms with Crippen LogP contribution in [0.2, 0.25) is 0 Å². The van der Waals surface area contributed by atoms with Crippen LogP contribution in [0.1, 0.15) is 24.5 Å². The normalized spacial score (nSPS) is 15.6. The van der Waals surface area contributed by atoms with Crippen molar-refractivity contribution < 1.29 is 18.7 Å². The summed E-state index contributed by atoms with van der Waals surface area (Å²) in [5.41, 5.74) is 1.30. The Balaban J connectivity index is 1.79. The van der Waals surface area contributed by atoms with Gasteiger partial charge in [0.1, 0.15) is 18.2 Å². The SMILES string of the molecule is CCCN1C(=O)S/C(=C/c2cc(I)c(OCc3ccccc3F)c(I)c2)C1=O. The summed E-state index contributed by atoms with van der Waals surface area (Å²) in [5.74, 6) is 0.120. The third-order valence-electron chi connectivity index (χ3n) is 3.97. The van der Waals surface area contributed by atoms with Crippen molar-refractivity contribution in [2.75, 3.05) is 6.54 Å². The van der Waals surface area contributed by atoms with Gasteiger partial charge in [0.05, 0.1) is 12.0 Å². The topological polar surface area (TPSA) is 46.6 Å². The molecule has 2 amide bonds. The predicted octanol–water partition coefficient (Wildman–Crippen LogP) is 6.06. The van der Waals surface area contributed by atoms with E-state index in [1.54, 1.807) is 24.3 Å². The molecule has 3 rings (SSSR count). The highest BCUT2D eigenvalue weighted by atomic mass is 127. The lowest BCUT2D eigenvalue weighted by atomic mass is 10.2. The van der Waals surface area contributed by atoms with Crippen LogP contribution in [0.4, 0.5) is 9.18 Å². The van der Waals surface area contributed by atoms with Crippen LogP contribution in [0.25, 0.3) is 6.08 Å². The summed E-state index contributed by atoms with van der Waals surface area (Å²) in [4.78, 5) is 26.1. The number of imide groups is 1. The molecular formula is C20H16FI2NO3S. The van der Waals surface area contributed by atoms with Crippen LogP contribution in [-0.2, 0) is 11.4 Å². The van der Waals surface area contributed by atoms with Crippen LogP contribution in [0.3, 0.4) is 0 Å². The van der Waals surface area contributed by atoms with Crippen molar-refractivity contribution in [3.63, 3.8) is 0 Å². The predicted molar refractivity (Wildman–Crippen MR) is 126 cm³/mol. The van der Waals surface area contributed by atoms with Crippen LogP contribution >= 0.6 is 56.9 Å². The van der Waals surface area contributed by atoms with Crippen molar-refractivity contribution in [1.82, 2.24) is 4.90 Å². The molecule has 0 atom stereocenters. The molecule has 1 aliphatic rings. The minimum atomic E-state index is -0.299. The molecular weight excluding hydrogens is 607 g/mol. The van der Waals surface area contributed by atoms with Crippen LogP contribution in [0.5, 0.6) is 5.75 Å². The molecule has 0 aromatic heterocycles. The summed E-state index contributed by atoms with van der Waals surface area (Å²) in [5, 5.41) is -0.229. The Morgan fingerprint density at radius 1 is 1.18 bits per heavy atom. The number of nitrogens with zero attached hydrogens (tertiary/aromatic N) is 1. The highest BCUT2D eigenvalue weighted by Gasteiger charge is 2.34.